The van der Waals surface area contributed by atoms with Crippen LogP contribution in [0.1, 0.15) is 83.9 Å². The second-order valence-corrected chi connectivity index (χ2v) is 15.0. The highest BCUT2D eigenvalue weighted by Crippen LogP contribution is 2.37. The Morgan fingerprint density at radius 1 is 1.02 bits per heavy atom. The number of nitrogen functional groups attached to an aromatic ring is 1. The Bertz CT molecular complexity index is 2290. The molecule has 5 aromatic rings. The molecule has 4 aromatic heterocycles. The molecular formula is C40H46N12O5. The third kappa shape index (κ3) is 8.05. The molecule has 296 valence electrons. The molecule has 7 heterocycles. The zero-order valence-corrected chi connectivity index (χ0v) is 31.9. The van der Waals surface area contributed by atoms with Crippen molar-refractivity contribution in [2.75, 3.05) is 48.7 Å². The molecule has 0 spiro atoms. The molecule has 1 saturated carbocycles. The molecule has 57 heavy (non-hydrogen) atoms. The molecule has 17 nitrogen and oxygen atoms in total. The summed E-state index contributed by atoms with van der Waals surface area (Å²) < 4.78 is 7.29. The third-order valence-electron chi connectivity index (χ3n) is 11.3. The van der Waals surface area contributed by atoms with Crippen LogP contribution in [-0.2, 0) is 27.3 Å². The average molecular weight is 775 g/mol. The van der Waals surface area contributed by atoms with E-state index in [4.69, 9.17) is 10.3 Å². The number of pyridine rings is 1. The van der Waals surface area contributed by atoms with Gasteiger partial charge in [-0.15, -0.1) is 0 Å². The molecule has 9 rings (SSSR count). The first-order valence-electron chi connectivity index (χ1n) is 19.6. The number of hydrogen-bond donors (Lipinski definition) is 3. The first-order chi connectivity index (χ1) is 27.7. The smallest absolute Gasteiger partial charge is 0.255 e. The fourth-order valence-corrected chi connectivity index (χ4v) is 8.38. The second-order valence-electron chi connectivity index (χ2n) is 15.0. The average Bonchev–Trinajstić information content (AvgIpc) is 4.04. The number of fused-ring (bicyclic) bond motifs is 2. The van der Waals surface area contributed by atoms with E-state index in [0.717, 1.165) is 85.8 Å². The summed E-state index contributed by atoms with van der Waals surface area (Å²) in [5, 5.41) is 13.5. The van der Waals surface area contributed by atoms with Crippen LogP contribution in [0.3, 0.4) is 0 Å². The summed E-state index contributed by atoms with van der Waals surface area (Å²) in [6.07, 6.45) is 12.8. The number of carbonyl (C=O) groups is 4. The van der Waals surface area contributed by atoms with Crippen LogP contribution >= 0.6 is 0 Å². The van der Waals surface area contributed by atoms with Crippen molar-refractivity contribution in [1.29, 1.82) is 0 Å². The van der Waals surface area contributed by atoms with E-state index in [2.05, 4.69) is 51.7 Å². The van der Waals surface area contributed by atoms with Crippen LogP contribution in [-0.4, -0.2) is 102 Å². The van der Waals surface area contributed by atoms with Gasteiger partial charge >= 0.3 is 0 Å². The molecule has 0 radical (unpaired) electrons. The van der Waals surface area contributed by atoms with Crippen LogP contribution < -0.4 is 21.3 Å². The van der Waals surface area contributed by atoms with Crippen molar-refractivity contribution in [2.45, 2.75) is 76.8 Å². The molecule has 1 aliphatic carbocycles. The van der Waals surface area contributed by atoms with Crippen molar-refractivity contribution in [2.24, 2.45) is 0 Å². The molecule has 4 amide bonds. The number of benzene rings is 1. The van der Waals surface area contributed by atoms with Crippen LogP contribution in [0.5, 0.6) is 0 Å². The molecule has 17 heteroatoms. The minimum atomic E-state index is -0.596. The van der Waals surface area contributed by atoms with Gasteiger partial charge in [0, 0.05) is 68.8 Å². The number of anilines is 3. The van der Waals surface area contributed by atoms with Crippen LogP contribution in [0.15, 0.2) is 53.4 Å². The number of imide groups is 1. The maximum Gasteiger partial charge on any atom is 0.255 e. The van der Waals surface area contributed by atoms with Gasteiger partial charge in [0.2, 0.25) is 29.9 Å². The Labute approximate surface area is 329 Å². The summed E-state index contributed by atoms with van der Waals surface area (Å²) in [6.45, 7) is 6.88. The Hall–Kier alpha value is -6.23. The van der Waals surface area contributed by atoms with Gasteiger partial charge in [-0.3, -0.25) is 34.4 Å². The molecule has 2 saturated heterocycles. The lowest BCUT2D eigenvalue weighted by molar-refractivity contribution is -0.136. The molecule has 0 bridgehead atoms. The van der Waals surface area contributed by atoms with E-state index >= 15 is 0 Å². The summed E-state index contributed by atoms with van der Waals surface area (Å²) in [7, 11) is 0. The number of nitrogens with two attached hydrogens (primary N) is 1. The van der Waals surface area contributed by atoms with Gasteiger partial charge in [-0.2, -0.15) is 10.1 Å². The number of amides is 4. The Morgan fingerprint density at radius 3 is 2.61 bits per heavy atom. The normalized spacial score (nSPS) is 18.8. The van der Waals surface area contributed by atoms with Crippen molar-refractivity contribution in [3.8, 4) is 11.5 Å². The highest BCUT2D eigenvalue weighted by molar-refractivity contribution is 6.05. The lowest BCUT2D eigenvalue weighted by atomic mass is 10.0. The number of rotatable bonds is 10. The summed E-state index contributed by atoms with van der Waals surface area (Å²) in [5.74, 6) is 0.750. The zero-order chi connectivity index (χ0) is 39.5. The predicted molar refractivity (Wildman–Crippen MR) is 210 cm³/mol. The van der Waals surface area contributed by atoms with E-state index < -0.39 is 6.04 Å². The molecule has 1 unspecified atom stereocenters. The molecule has 3 aliphatic heterocycles. The zero-order valence-electron chi connectivity index (χ0n) is 31.9. The maximum absolute atomic E-state index is 13.0. The highest BCUT2D eigenvalue weighted by atomic mass is 16.5. The van der Waals surface area contributed by atoms with Crippen LogP contribution in [0.2, 0.25) is 0 Å². The Balaban J connectivity index is 0.000000222. The fourth-order valence-electron chi connectivity index (χ4n) is 8.38. The van der Waals surface area contributed by atoms with Crippen molar-refractivity contribution < 1.29 is 23.7 Å². The molecule has 3 fully saturated rings. The van der Waals surface area contributed by atoms with Crippen molar-refractivity contribution >= 4 is 46.8 Å². The topological polar surface area (TPSA) is 210 Å². The lowest BCUT2D eigenvalue weighted by Gasteiger charge is -2.36. The van der Waals surface area contributed by atoms with Crippen molar-refractivity contribution in [1.82, 2.24) is 44.8 Å². The number of nitrogens with zero attached hydrogens (tertiary/aromatic N) is 9. The minimum Gasteiger partial charge on any atom is -0.397 e. The van der Waals surface area contributed by atoms with Gasteiger partial charge in [-0.1, -0.05) is 18.0 Å². The highest BCUT2D eigenvalue weighted by Gasteiger charge is 2.39. The van der Waals surface area contributed by atoms with Crippen LogP contribution in [0.4, 0.5) is 17.1 Å². The van der Waals surface area contributed by atoms with Crippen LogP contribution in [0.25, 0.3) is 17.2 Å². The van der Waals surface area contributed by atoms with E-state index in [1.807, 2.05) is 35.7 Å². The fraction of sp³-hybridized carbons (Fsp3) is 0.425. The number of hydrogen-bond acceptors (Lipinski definition) is 13. The predicted octanol–water partition coefficient (Wildman–Crippen LogP) is 3.49. The van der Waals surface area contributed by atoms with Crippen molar-refractivity contribution in [3.05, 3.63) is 77.2 Å². The number of aromatic nitrogens is 6. The van der Waals surface area contributed by atoms with Gasteiger partial charge in [0.05, 0.1) is 35.7 Å². The van der Waals surface area contributed by atoms with E-state index in [9.17, 15) is 19.2 Å². The Morgan fingerprint density at radius 2 is 1.84 bits per heavy atom. The standard InChI is InChI=1S/C28H32N8O4.C12H14N4O/c1-17-13-19(29)15-30-25(17)26-32-24(40-33-26)3-2-8-34-9-11-35(12-10-34)20-4-5-21-18(14-20)16-36(28(21)39)22-6-7-23(37)31-27(22)38;17-8-14-10-7-13-11-5-6-15-16(11)12(10)9-3-1-2-4-9/h4-5,13-15,22H,2-3,6-12,16,29H2,1H3,(H,31,37,38);5-9H,1-4H2,(H,14,17). The van der Waals surface area contributed by atoms with Crippen LogP contribution in [0, 0.1) is 6.92 Å². The summed E-state index contributed by atoms with van der Waals surface area (Å²) in [6, 6.07) is 9.05. The molecule has 1 atom stereocenters. The first kappa shape index (κ1) is 37.7. The minimum absolute atomic E-state index is 0.144. The molecule has 4 aliphatic rings. The van der Waals surface area contributed by atoms with E-state index in [1.165, 1.54) is 12.8 Å². The van der Waals surface area contributed by atoms with Crippen molar-refractivity contribution in [3.63, 3.8) is 0 Å². The number of nitrogens with one attached hydrogen (secondary N) is 2. The number of piperazine rings is 1. The van der Waals surface area contributed by atoms with Gasteiger partial charge in [-0.25, -0.2) is 9.50 Å². The monoisotopic (exact) mass is 774 g/mol. The summed E-state index contributed by atoms with van der Waals surface area (Å²) in [5.41, 5.74) is 13.3. The molecule has 1 aromatic carbocycles. The Kier molecular flexibility index (Phi) is 10.9. The quantitative estimate of drug-likeness (QED) is 0.137. The first-order valence-corrected chi connectivity index (χ1v) is 19.6. The number of aryl methyl sites for hydroxylation is 2. The summed E-state index contributed by atoms with van der Waals surface area (Å²) in [4.78, 5) is 66.9. The van der Waals surface area contributed by atoms with Gasteiger partial charge in [-0.05, 0) is 74.5 Å². The van der Waals surface area contributed by atoms with E-state index in [1.54, 1.807) is 23.5 Å². The largest absolute Gasteiger partial charge is 0.397 e. The molecule has 4 N–H and O–H groups in total. The third-order valence-corrected chi connectivity index (χ3v) is 11.3. The maximum atomic E-state index is 13.0. The molecular weight excluding hydrogens is 729 g/mol. The second kappa shape index (κ2) is 16.5. The van der Waals surface area contributed by atoms with E-state index in [-0.39, 0.29) is 24.1 Å². The number of carbonyl (C=O) groups excluding carboxylic acids is 4. The van der Waals surface area contributed by atoms with Gasteiger partial charge in [0.25, 0.3) is 5.91 Å². The van der Waals surface area contributed by atoms with Gasteiger partial charge in [0.15, 0.2) is 5.65 Å². The SMILES string of the molecule is Cc1cc(N)cnc1-c1noc(CCCN2CCN(c3ccc4c(c3)CN(C3CCC(=O)NC3=O)C4=O)CC2)n1.O=CNc1cnc2ccnn2c1C1CCCC1. The van der Waals surface area contributed by atoms with Gasteiger partial charge in [0.1, 0.15) is 11.7 Å². The summed E-state index contributed by atoms with van der Waals surface area (Å²) >= 11 is 0. The lowest BCUT2D eigenvalue weighted by Crippen LogP contribution is -2.52. The van der Waals surface area contributed by atoms with Gasteiger partial charge < -0.3 is 25.4 Å². The van der Waals surface area contributed by atoms with E-state index in [0.29, 0.717) is 60.4 Å². The number of piperidine rings is 1.